The van der Waals surface area contributed by atoms with E-state index in [0.717, 1.165) is 38.0 Å². The minimum Gasteiger partial charge on any atom is -0.379 e. The van der Waals surface area contributed by atoms with Crippen LogP contribution in [0.15, 0.2) is 24.5 Å². The van der Waals surface area contributed by atoms with Crippen LogP contribution in [-0.2, 0) is 11.8 Å². The summed E-state index contributed by atoms with van der Waals surface area (Å²) in [4.78, 5) is 17.5. The molecule has 33 heavy (non-hydrogen) atoms. The summed E-state index contributed by atoms with van der Waals surface area (Å²) in [5.41, 5.74) is 5.97. The molecule has 0 amide bonds. The first-order chi connectivity index (χ1) is 16.1. The Hall–Kier alpha value is -2.22. The fourth-order valence-electron chi connectivity index (χ4n) is 5.89. The minimum absolute atomic E-state index is 0.396. The number of thiazole rings is 1. The van der Waals surface area contributed by atoms with E-state index < -0.39 is 0 Å². The lowest BCUT2D eigenvalue weighted by Crippen LogP contribution is -2.44. The van der Waals surface area contributed by atoms with Crippen LogP contribution in [0.1, 0.15) is 61.9 Å². The van der Waals surface area contributed by atoms with Crippen molar-refractivity contribution in [2.24, 2.45) is 7.05 Å². The Bertz CT molecular complexity index is 1270. The molecule has 0 unspecified atom stereocenters. The van der Waals surface area contributed by atoms with Gasteiger partial charge in [0.05, 0.1) is 23.9 Å². The van der Waals surface area contributed by atoms with Crippen molar-refractivity contribution in [3.63, 3.8) is 0 Å². The highest BCUT2D eigenvalue weighted by Crippen LogP contribution is 2.43. The first kappa shape index (κ1) is 21.3. The molecule has 2 fully saturated rings. The van der Waals surface area contributed by atoms with Gasteiger partial charge in [-0.05, 0) is 43.7 Å². The second-order valence-corrected chi connectivity index (χ2v) is 11.0. The largest absolute Gasteiger partial charge is 0.379 e. The van der Waals surface area contributed by atoms with Crippen LogP contribution in [0, 0.1) is 0 Å². The molecule has 1 saturated heterocycles. The molecule has 0 radical (unpaired) electrons. The SMILES string of the molecule is CC(C)c1c(-c2cn(C)c3ncccc23)[nH]c2sc(C3CCC(N4CCOCC4)CC3)nc12. The van der Waals surface area contributed by atoms with Gasteiger partial charge in [-0.2, -0.15) is 0 Å². The standard InChI is InChI=1S/C26H33N5OS/c1-16(2)21-22(20-15-30(3)24-19(20)5-4-10-27-24)28-26-23(21)29-25(33-26)17-6-8-18(9-7-17)31-11-13-32-14-12-31/h4-5,10,15-18,28H,6-9,11-14H2,1-3H3. The minimum atomic E-state index is 0.396. The summed E-state index contributed by atoms with van der Waals surface area (Å²) >= 11 is 1.88. The molecule has 0 aromatic carbocycles. The molecule has 0 spiro atoms. The van der Waals surface area contributed by atoms with E-state index in [9.17, 15) is 0 Å². The summed E-state index contributed by atoms with van der Waals surface area (Å²) in [5.74, 6) is 0.992. The van der Waals surface area contributed by atoms with E-state index in [1.54, 1.807) is 0 Å². The smallest absolute Gasteiger partial charge is 0.140 e. The van der Waals surface area contributed by atoms with Crippen molar-refractivity contribution < 1.29 is 4.74 Å². The summed E-state index contributed by atoms with van der Waals surface area (Å²) < 4.78 is 7.67. The number of nitrogens with zero attached hydrogens (tertiary/aromatic N) is 4. The number of fused-ring (bicyclic) bond motifs is 2. The average Bonchev–Trinajstić information content (AvgIpc) is 3.50. The number of ether oxygens (including phenoxy) is 1. The summed E-state index contributed by atoms with van der Waals surface area (Å²) in [6.07, 6.45) is 9.12. The van der Waals surface area contributed by atoms with Gasteiger partial charge in [-0.25, -0.2) is 9.97 Å². The normalized spacial score (nSPS) is 22.7. The Morgan fingerprint density at radius 3 is 2.70 bits per heavy atom. The molecule has 2 aliphatic rings. The van der Waals surface area contributed by atoms with Crippen LogP contribution < -0.4 is 0 Å². The number of aromatic amines is 1. The monoisotopic (exact) mass is 463 g/mol. The number of morpholine rings is 1. The van der Waals surface area contributed by atoms with Crippen molar-refractivity contribution in [3.8, 4) is 11.3 Å². The Morgan fingerprint density at radius 1 is 1.15 bits per heavy atom. The van der Waals surface area contributed by atoms with Gasteiger partial charge < -0.3 is 14.3 Å². The molecule has 1 aliphatic carbocycles. The Kier molecular flexibility index (Phi) is 5.51. The van der Waals surface area contributed by atoms with Gasteiger partial charge in [-0.15, -0.1) is 11.3 Å². The van der Waals surface area contributed by atoms with Gasteiger partial charge in [0.1, 0.15) is 16.0 Å². The average molecular weight is 464 g/mol. The molecule has 0 atom stereocenters. The molecule has 4 aromatic heterocycles. The van der Waals surface area contributed by atoms with Gasteiger partial charge in [0.25, 0.3) is 0 Å². The summed E-state index contributed by atoms with van der Waals surface area (Å²) in [5, 5.41) is 2.52. The first-order valence-electron chi connectivity index (χ1n) is 12.3. The summed E-state index contributed by atoms with van der Waals surface area (Å²) in [6.45, 7) is 8.54. The van der Waals surface area contributed by atoms with E-state index in [-0.39, 0.29) is 0 Å². The van der Waals surface area contributed by atoms with Gasteiger partial charge in [-0.3, -0.25) is 4.90 Å². The van der Waals surface area contributed by atoms with E-state index >= 15 is 0 Å². The zero-order valence-electron chi connectivity index (χ0n) is 19.8. The van der Waals surface area contributed by atoms with Crippen molar-refractivity contribution in [3.05, 3.63) is 35.1 Å². The number of nitrogens with one attached hydrogen (secondary N) is 1. The van der Waals surface area contributed by atoms with Crippen LogP contribution >= 0.6 is 11.3 Å². The number of rotatable bonds is 4. The van der Waals surface area contributed by atoms with Crippen LogP contribution in [-0.4, -0.2) is 56.8 Å². The fourth-order valence-corrected chi connectivity index (χ4v) is 7.05. The van der Waals surface area contributed by atoms with E-state index in [1.165, 1.54) is 63.2 Å². The molecule has 6 nitrogen and oxygen atoms in total. The van der Waals surface area contributed by atoms with Crippen molar-refractivity contribution in [2.45, 2.75) is 57.4 Å². The van der Waals surface area contributed by atoms with Crippen molar-refractivity contribution in [2.75, 3.05) is 26.3 Å². The number of hydrogen-bond donors (Lipinski definition) is 1. The first-order valence-corrected chi connectivity index (χ1v) is 13.2. The van der Waals surface area contributed by atoms with Gasteiger partial charge in [0, 0.05) is 61.0 Å². The lowest BCUT2D eigenvalue weighted by atomic mass is 9.85. The van der Waals surface area contributed by atoms with Crippen molar-refractivity contribution >= 4 is 32.7 Å². The zero-order valence-corrected chi connectivity index (χ0v) is 20.6. The lowest BCUT2D eigenvalue weighted by Gasteiger charge is -2.38. The van der Waals surface area contributed by atoms with Crippen molar-refractivity contribution in [1.29, 1.82) is 0 Å². The molecular weight excluding hydrogens is 430 g/mol. The molecule has 0 bridgehead atoms. The van der Waals surface area contributed by atoms with E-state index in [0.29, 0.717) is 11.8 Å². The number of aryl methyl sites for hydroxylation is 1. The highest BCUT2D eigenvalue weighted by atomic mass is 32.1. The maximum atomic E-state index is 5.54. The predicted molar refractivity (Wildman–Crippen MR) is 135 cm³/mol. The highest BCUT2D eigenvalue weighted by molar-refractivity contribution is 7.18. The fraction of sp³-hybridized carbons (Fsp3) is 0.538. The Labute approximate surface area is 199 Å². The molecule has 7 heteroatoms. The second kappa shape index (κ2) is 8.53. The number of aromatic nitrogens is 4. The van der Waals surface area contributed by atoms with E-state index in [1.807, 2.05) is 23.6 Å². The molecule has 5 heterocycles. The van der Waals surface area contributed by atoms with Gasteiger partial charge in [-0.1, -0.05) is 13.8 Å². The molecule has 174 valence electrons. The molecule has 1 N–H and O–H groups in total. The Morgan fingerprint density at radius 2 is 1.94 bits per heavy atom. The third-order valence-corrected chi connectivity index (χ3v) is 8.73. The van der Waals surface area contributed by atoms with Gasteiger partial charge >= 0.3 is 0 Å². The lowest BCUT2D eigenvalue weighted by molar-refractivity contribution is 0.00729. The zero-order chi connectivity index (χ0) is 22.5. The second-order valence-electron chi connectivity index (χ2n) is 9.98. The maximum Gasteiger partial charge on any atom is 0.140 e. The predicted octanol–water partition coefficient (Wildman–Crippen LogP) is 5.66. The molecule has 1 saturated carbocycles. The molecule has 1 aliphatic heterocycles. The van der Waals surface area contributed by atoms with Gasteiger partial charge in [0.2, 0.25) is 0 Å². The summed E-state index contributed by atoms with van der Waals surface area (Å²) in [6, 6.07) is 4.92. The van der Waals surface area contributed by atoms with Crippen LogP contribution in [0.25, 0.3) is 32.6 Å². The Balaban J connectivity index is 1.30. The number of hydrogen-bond acceptors (Lipinski definition) is 5. The van der Waals surface area contributed by atoms with E-state index in [4.69, 9.17) is 9.72 Å². The molecule has 4 aromatic rings. The topological polar surface area (TPSA) is 59.0 Å². The van der Waals surface area contributed by atoms with E-state index in [2.05, 4.69) is 52.6 Å². The third kappa shape index (κ3) is 3.70. The number of H-pyrrole nitrogens is 1. The maximum absolute atomic E-state index is 5.54. The highest BCUT2D eigenvalue weighted by Gasteiger charge is 2.30. The van der Waals surface area contributed by atoms with Crippen LogP contribution in [0.4, 0.5) is 0 Å². The molecular formula is C26H33N5OS. The summed E-state index contributed by atoms with van der Waals surface area (Å²) in [7, 11) is 2.07. The van der Waals surface area contributed by atoms with Crippen molar-refractivity contribution in [1.82, 2.24) is 24.4 Å². The molecule has 6 rings (SSSR count). The van der Waals surface area contributed by atoms with Crippen LogP contribution in [0.5, 0.6) is 0 Å². The van der Waals surface area contributed by atoms with Gasteiger partial charge in [0.15, 0.2) is 0 Å². The van der Waals surface area contributed by atoms with Crippen LogP contribution in [0.3, 0.4) is 0 Å². The third-order valence-electron chi connectivity index (χ3n) is 7.60. The number of pyridine rings is 1. The quantitative estimate of drug-likeness (QED) is 0.424. The van der Waals surface area contributed by atoms with Crippen LogP contribution in [0.2, 0.25) is 0 Å².